The fourth-order valence-electron chi connectivity index (χ4n) is 3.64. The van der Waals surface area contributed by atoms with Crippen molar-refractivity contribution in [3.05, 3.63) is 0 Å². The van der Waals surface area contributed by atoms with Gasteiger partial charge in [0.1, 0.15) is 0 Å². The van der Waals surface area contributed by atoms with E-state index in [9.17, 15) is 4.79 Å². The predicted octanol–water partition coefficient (Wildman–Crippen LogP) is 1.28. The lowest BCUT2D eigenvalue weighted by molar-refractivity contribution is -0.169. The summed E-state index contributed by atoms with van der Waals surface area (Å²) in [6.07, 6.45) is 3.42. The molecule has 1 aliphatic heterocycles. The molecule has 0 spiro atoms. The van der Waals surface area contributed by atoms with Crippen LogP contribution in [0.3, 0.4) is 0 Å². The fourth-order valence-corrected chi connectivity index (χ4v) is 3.64. The van der Waals surface area contributed by atoms with Crippen LogP contribution in [0.15, 0.2) is 0 Å². The van der Waals surface area contributed by atoms with Crippen LogP contribution in [0.5, 0.6) is 0 Å². The lowest BCUT2D eigenvalue weighted by atomic mass is 10.2. The molecule has 0 aromatic rings. The number of ether oxygens (including phenoxy) is 14. The second-order valence-electron chi connectivity index (χ2n) is 9.73. The van der Waals surface area contributed by atoms with Gasteiger partial charge in [-0.05, 0) is 19.3 Å². The first-order valence-corrected chi connectivity index (χ1v) is 16.5. The van der Waals surface area contributed by atoms with Gasteiger partial charge in [-0.15, -0.1) is 0 Å². The molecule has 0 amide bonds. The normalized spacial score (nSPS) is 15.0. The van der Waals surface area contributed by atoms with Crippen molar-refractivity contribution in [1.82, 2.24) is 0 Å². The summed E-state index contributed by atoms with van der Waals surface area (Å²) in [5.74, 6) is -0.286. The minimum Gasteiger partial charge on any atom is -0.469 e. The van der Waals surface area contributed by atoms with Crippen LogP contribution in [0.25, 0.3) is 0 Å². The van der Waals surface area contributed by atoms with Crippen molar-refractivity contribution in [3.8, 4) is 0 Å². The standard InChI is InChI=1S/C31H60O15/c1-33-30(32)5-7-34-8-9-35-10-11-36-12-13-37-14-15-38-16-17-39-18-19-40-20-21-41-22-23-42-24-25-43-26-27-44-28-29-46-31-4-2-3-6-45-31/h31H,2-29H2,1H3. The Kier molecular flexibility index (Phi) is 34.4. The highest BCUT2D eigenvalue weighted by atomic mass is 16.7. The fraction of sp³-hybridized carbons (Fsp3) is 0.968. The molecule has 0 bridgehead atoms. The molecule has 0 aromatic carbocycles. The molecule has 46 heavy (non-hydrogen) atoms. The topological polar surface area (TPSA) is 146 Å². The van der Waals surface area contributed by atoms with E-state index < -0.39 is 0 Å². The van der Waals surface area contributed by atoms with Crippen LogP contribution in [-0.4, -0.2) is 178 Å². The lowest BCUT2D eigenvalue weighted by Crippen LogP contribution is -2.24. The van der Waals surface area contributed by atoms with Gasteiger partial charge in [0.05, 0.1) is 165 Å². The third kappa shape index (κ3) is 32.9. The zero-order valence-electron chi connectivity index (χ0n) is 28.0. The lowest BCUT2D eigenvalue weighted by Gasteiger charge is -2.22. The van der Waals surface area contributed by atoms with Gasteiger partial charge in [-0.2, -0.15) is 0 Å². The van der Waals surface area contributed by atoms with Gasteiger partial charge in [0.25, 0.3) is 0 Å². The van der Waals surface area contributed by atoms with Gasteiger partial charge < -0.3 is 66.3 Å². The van der Waals surface area contributed by atoms with Crippen LogP contribution >= 0.6 is 0 Å². The largest absolute Gasteiger partial charge is 0.469 e. The van der Waals surface area contributed by atoms with E-state index in [4.69, 9.17) is 61.6 Å². The maximum absolute atomic E-state index is 10.9. The summed E-state index contributed by atoms with van der Waals surface area (Å²) in [4.78, 5) is 10.9. The summed E-state index contributed by atoms with van der Waals surface area (Å²) >= 11 is 0. The van der Waals surface area contributed by atoms with Crippen molar-refractivity contribution < 1.29 is 71.1 Å². The monoisotopic (exact) mass is 672 g/mol. The quantitative estimate of drug-likeness (QED) is 0.0689. The van der Waals surface area contributed by atoms with Gasteiger partial charge in [0.2, 0.25) is 0 Å². The second kappa shape index (κ2) is 36.8. The Bertz CT molecular complexity index is 610. The number of hydrogen-bond acceptors (Lipinski definition) is 15. The molecule has 1 unspecified atom stereocenters. The van der Waals surface area contributed by atoms with Crippen LogP contribution in [0, 0.1) is 0 Å². The molecule has 274 valence electrons. The minimum absolute atomic E-state index is 0.0689. The SMILES string of the molecule is COC(=O)CCOCCOCCOCCOCCOCCOCCOCCOCCOCCOCCOCCOC1CCCCO1. The molecule has 0 radical (unpaired) electrons. The molecular formula is C31H60O15. The van der Waals surface area contributed by atoms with Crippen molar-refractivity contribution in [2.45, 2.75) is 32.0 Å². The molecule has 0 N–H and O–H groups in total. The number of hydrogen-bond donors (Lipinski definition) is 0. The van der Waals surface area contributed by atoms with E-state index in [1.165, 1.54) is 7.11 Å². The Morgan fingerprint density at radius 1 is 0.457 bits per heavy atom. The molecule has 1 rings (SSSR count). The highest BCUT2D eigenvalue weighted by Gasteiger charge is 2.13. The first-order valence-electron chi connectivity index (χ1n) is 16.5. The summed E-state index contributed by atoms with van der Waals surface area (Å²) in [6, 6.07) is 0. The molecule has 0 aliphatic carbocycles. The molecule has 1 heterocycles. The summed E-state index contributed by atoms with van der Waals surface area (Å²) in [5.41, 5.74) is 0. The van der Waals surface area contributed by atoms with Crippen LogP contribution in [0.2, 0.25) is 0 Å². The first kappa shape index (κ1) is 43.0. The zero-order chi connectivity index (χ0) is 32.9. The zero-order valence-corrected chi connectivity index (χ0v) is 28.0. The molecule has 1 fully saturated rings. The molecule has 15 heteroatoms. The molecule has 1 atom stereocenters. The van der Waals surface area contributed by atoms with Gasteiger partial charge in [0.15, 0.2) is 6.29 Å². The van der Waals surface area contributed by atoms with E-state index in [1.54, 1.807) is 0 Å². The summed E-state index contributed by atoms with van der Waals surface area (Å²) in [7, 11) is 1.35. The predicted molar refractivity (Wildman–Crippen MR) is 165 cm³/mol. The van der Waals surface area contributed by atoms with E-state index in [-0.39, 0.29) is 18.7 Å². The van der Waals surface area contributed by atoms with Crippen molar-refractivity contribution in [2.75, 3.05) is 166 Å². The summed E-state index contributed by atoms with van der Waals surface area (Å²) in [5, 5.41) is 0. The van der Waals surface area contributed by atoms with E-state index in [2.05, 4.69) is 4.74 Å². The molecule has 15 nitrogen and oxygen atoms in total. The molecular weight excluding hydrogens is 612 g/mol. The van der Waals surface area contributed by atoms with E-state index in [1.807, 2.05) is 0 Å². The average molecular weight is 673 g/mol. The molecule has 1 saturated heterocycles. The smallest absolute Gasteiger partial charge is 0.307 e. The Balaban J connectivity index is 1.60. The maximum atomic E-state index is 10.9. The van der Waals surface area contributed by atoms with Gasteiger partial charge in [-0.25, -0.2) is 0 Å². The molecule has 0 aromatic heterocycles. The number of carbonyl (C=O) groups excluding carboxylic acids is 1. The third-order valence-electron chi connectivity index (χ3n) is 6.07. The number of carbonyl (C=O) groups is 1. The van der Waals surface area contributed by atoms with Gasteiger partial charge in [-0.3, -0.25) is 4.79 Å². The highest BCUT2D eigenvalue weighted by Crippen LogP contribution is 2.13. The average Bonchev–Trinajstić information content (AvgIpc) is 3.08. The number of rotatable bonds is 37. The second-order valence-corrected chi connectivity index (χ2v) is 9.73. The Labute approximate surface area is 274 Å². The van der Waals surface area contributed by atoms with Gasteiger partial charge in [-0.1, -0.05) is 0 Å². The molecule has 1 aliphatic rings. The summed E-state index contributed by atoms with van der Waals surface area (Å²) < 4.78 is 75.5. The maximum Gasteiger partial charge on any atom is 0.307 e. The first-order chi connectivity index (χ1) is 22.8. The van der Waals surface area contributed by atoms with Crippen molar-refractivity contribution in [3.63, 3.8) is 0 Å². The van der Waals surface area contributed by atoms with E-state index in [0.29, 0.717) is 152 Å². The van der Waals surface area contributed by atoms with Crippen LogP contribution in [0.1, 0.15) is 25.7 Å². The Morgan fingerprint density at radius 3 is 1.04 bits per heavy atom. The number of methoxy groups -OCH3 is 1. The van der Waals surface area contributed by atoms with Gasteiger partial charge in [0, 0.05) is 6.61 Å². The van der Waals surface area contributed by atoms with Crippen molar-refractivity contribution >= 4 is 5.97 Å². The summed E-state index contributed by atoms with van der Waals surface area (Å²) in [6.45, 7) is 12.1. The van der Waals surface area contributed by atoms with Crippen LogP contribution in [0.4, 0.5) is 0 Å². The minimum atomic E-state index is -0.286. The van der Waals surface area contributed by atoms with Crippen LogP contribution < -0.4 is 0 Å². The van der Waals surface area contributed by atoms with Crippen molar-refractivity contribution in [1.29, 1.82) is 0 Å². The van der Waals surface area contributed by atoms with E-state index in [0.717, 1.165) is 25.9 Å². The highest BCUT2D eigenvalue weighted by molar-refractivity contribution is 5.69. The van der Waals surface area contributed by atoms with Gasteiger partial charge >= 0.3 is 5.97 Å². The Morgan fingerprint density at radius 2 is 0.761 bits per heavy atom. The van der Waals surface area contributed by atoms with E-state index >= 15 is 0 Å². The number of esters is 1. The third-order valence-corrected chi connectivity index (χ3v) is 6.07. The van der Waals surface area contributed by atoms with Crippen LogP contribution in [-0.2, 0) is 71.1 Å². The van der Waals surface area contributed by atoms with Crippen molar-refractivity contribution in [2.24, 2.45) is 0 Å². The Hall–Kier alpha value is -1.05. The molecule has 0 saturated carbocycles.